The quantitative estimate of drug-likeness (QED) is 0.787. The zero-order valence-electron chi connectivity index (χ0n) is 9.38. The summed E-state index contributed by atoms with van der Waals surface area (Å²) in [5.74, 6) is 1.20. The number of pyridine rings is 1. The second-order valence-corrected chi connectivity index (χ2v) is 4.38. The molecule has 0 aliphatic heterocycles. The zero-order chi connectivity index (χ0) is 12.3. The summed E-state index contributed by atoms with van der Waals surface area (Å²) in [6, 6.07) is 3.71. The molecule has 0 radical (unpaired) electrons. The Bertz CT molecular complexity index is 562. The Morgan fingerprint density at radius 2 is 2.41 bits per heavy atom. The van der Waals surface area contributed by atoms with Crippen molar-refractivity contribution in [3.63, 3.8) is 0 Å². The number of nitrogens with one attached hydrogen (secondary N) is 1. The smallest absolute Gasteiger partial charge is 0.343 e. The van der Waals surface area contributed by atoms with Crippen molar-refractivity contribution in [3.05, 3.63) is 34.4 Å². The monoisotopic (exact) mass is 251 g/mol. The van der Waals surface area contributed by atoms with Gasteiger partial charge in [-0.25, -0.2) is 14.9 Å². The van der Waals surface area contributed by atoms with Gasteiger partial charge in [-0.15, -0.1) is 5.10 Å². The molecule has 17 heavy (non-hydrogen) atoms. The molecule has 0 saturated carbocycles. The van der Waals surface area contributed by atoms with Crippen LogP contribution in [0.15, 0.2) is 28.3 Å². The third-order valence-electron chi connectivity index (χ3n) is 2.25. The van der Waals surface area contributed by atoms with Crippen molar-refractivity contribution in [3.8, 4) is 0 Å². The van der Waals surface area contributed by atoms with Crippen molar-refractivity contribution in [2.45, 2.75) is 24.4 Å². The average Bonchev–Trinajstić information content (AvgIpc) is 2.67. The van der Waals surface area contributed by atoms with E-state index in [1.54, 1.807) is 10.8 Å². The molecule has 6 nitrogen and oxygen atoms in total. The molecule has 0 saturated heterocycles. The number of nitrogens with zero attached hydrogens (tertiary/aromatic N) is 3. The minimum absolute atomic E-state index is 0.177. The molecule has 0 amide bonds. The molecule has 3 N–H and O–H groups in total. The number of hydrogen-bond donors (Lipinski definition) is 2. The standard InChI is InChI=1S/C10H13N5OS/c1-2-15-9(16)13-14-10(15)17-6-7-3-4-12-8(11)5-7/h3-5H,2,6H2,1H3,(H2,11,12)(H,13,16). The van der Waals surface area contributed by atoms with Gasteiger partial charge in [-0.3, -0.25) is 4.57 Å². The van der Waals surface area contributed by atoms with Gasteiger partial charge in [0.05, 0.1) is 0 Å². The van der Waals surface area contributed by atoms with E-state index in [2.05, 4.69) is 15.2 Å². The molecule has 90 valence electrons. The van der Waals surface area contributed by atoms with E-state index in [4.69, 9.17) is 5.73 Å². The maximum absolute atomic E-state index is 11.3. The molecule has 0 spiro atoms. The third-order valence-corrected chi connectivity index (χ3v) is 3.30. The molecular formula is C10H13N5OS. The van der Waals surface area contributed by atoms with Crippen LogP contribution in [0, 0.1) is 0 Å². The van der Waals surface area contributed by atoms with E-state index in [0.29, 0.717) is 23.3 Å². The Morgan fingerprint density at radius 3 is 3.12 bits per heavy atom. The van der Waals surface area contributed by atoms with Crippen molar-refractivity contribution in [2.75, 3.05) is 5.73 Å². The molecule has 0 aliphatic rings. The molecule has 2 aromatic heterocycles. The van der Waals surface area contributed by atoms with E-state index in [9.17, 15) is 4.79 Å². The van der Waals surface area contributed by atoms with Crippen LogP contribution in [0.2, 0.25) is 0 Å². The summed E-state index contributed by atoms with van der Waals surface area (Å²) in [6.45, 7) is 2.52. The molecule has 0 atom stereocenters. The van der Waals surface area contributed by atoms with Crippen LogP contribution in [-0.4, -0.2) is 19.7 Å². The minimum Gasteiger partial charge on any atom is -0.384 e. The van der Waals surface area contributed by atoms with Gasteiger partial charge in [-0.05, 0) is 24.6 Å². The van der Waals surface area contributed by atoms with Crippen LogP contribution in [0.3, 0.4) is 0 Å². The lowest BCUT2D eigenvalue weighted by Gasteiger charge is -2.02. The molecule has 0 aromatic carbocycles. The molecular weight excluding hydrogens is 238 g/mol. The van der Waals surface area contributed by atoms with Crippen LogP contribution >= 0.6 is 11.8 Å². The third kappa shape index (κ3) is 2.68. The Kier molecular flexibility index (Phi) is 3.48. The Labute approximate surface area is 102 Å². The minimum atomic E-state index is -0.177. The second kappa shape index (κ2) is 5.05. The first-order chi connectivity index (χ1) is 8.20. The average molecular weight is 251 g/mol. The van der Waals surface area contributed by atoms with Gasteiger partial charge in [0.15, 0.2) is 5.16 Å². The fraction of sp³-hybridized carbons (Fsp3) is 0.300. The molecule has 0 bridgehead atoms. The molecule has 2 heterocycles. The highest BCUT2D eigenvalue weighted by Crippen LogP contribution is 2.19. The van der Waals surface area contributed by atoms with Gasteiger partial charge in [0, 0.05) is 18.5 Å². The summed E-state index contributed by atoms with van der Waals surface area (Å²) in [5.41, 5.74) is 6.47. The summed E-state index contributed by atoms with van der Waals surface area (Å²) in [5, 5.41) is 7.09. The van der Waals surface area contributed by atoms with Crippen molar-refractivity contribution < 1.29 is 0 Å². The summed E-state index contributed by atoms with van der Waals surface area (Å²) >= 11 is 1.49. The van der Waals surface area contributed by atoms with Crippen molar-refractivity contribution >= 4 is 17.6 Å². The van der Waals surface area contributed by atoms with Crippen LogP contribution in [0.5, 0.6) is 0 Å². The molecule has 0 unspecified atom stereocenters. The van der Waals surface area contributed by atoms with E-state index in [0.717, 1.165) is 5.56 Å². The van der Waals surface area contributed by atoms with Gasteiger partial charge in [-0.2, -0.15) is 0 Å². The Balaban J connectivity index is 2.10. The first-order valence-electron chi connectivity index (χ1n) is 5.19. The fourth-order valence-corrected chi connectivity index (χ4v) is 2.38. The summed E-state index contributed by atoms with van der Waals surface area (Å²) in [4.78, 5) is 15.3. The normalized spacial score (nSPS) is 10.6. The lowest BCUT2D eigenvalue weighted by Crippen LogP contribution is -2.16. The predicted molar refractivity (Wildman–Crippen MR) is 66.7 cm³/mol. The number of nitrogens with two attached hydrogens (primary N) is 1. The van der Waals surface area contributed by atoms with Crippen LogP contribution in [0.4, 0.5) is 5.82 Å². The molecule has 0 fully saturated rings. The number of anilines is 1. The molecule has 2 aromatic rings. The van der Waals surface area contributed by atoms with Crippen molar-refractivity contribution in [1.29, 1.82) is 0 Å². The summed E-state index contributed by atoms with van der Waals surface area (Å²) in [7, 11) is 0. The molecule has 0 aliphatic carbocycles. The number of H-pyrrole nitrogens is 1. The lowest BCUT2D eigenvalue weighted by atomic mass is 10.3. The molecule has 2 rings (SSSR count). The van der Waals surface area contributed by atoms with Crippen molar-refractivity contribution in [1.82, 2.24) is 19.7 Å². The highest BCUT2D eigenvalue weighted by molar-refractivity contribution is 7.98. The highest BCUT2D eigenvalue weighted by atomic mass is 32.2. The van der Waals surface area contributed by atoms with E-state index < -0.39 is 0 Å². The van der Waals surface area contributed by atoms with Gasteiger partial charge in [0.1, 0.15) is 5.82 Å². The van der Waals surface area contributed by atoms with Gasteiger partial charge < -0.3 is 5.73 Å². The van der Waals surface area contributed by atoms with Gasteiger partial charge in [0.2, 0.25) is 0 Å². The fourth-order valence-electron chi connectivity index (χ4n) is 1.42. The van der Waals surface area contributed by atoms with Gasteiger partial charge in [0.25, 0.3) is 0 Å². The van der Waals surface area contributed by atoms with E-state index in [-0.39, 0.29) is 5.69 Å². The van der Waals surface area contributed by atoms with E-state index in [1.807, 2.05) is 19.1 Å². The van der Waals surface area contributed by atoms with E-state index in [1.165, 1.54) is 11.8 Å². The number of hydrogen-bond acceptors (Lipinski definition) is 5. The van der Waals surface area contributed by atoms with Crippen molar-refractivity contribution in [2.24, 2.45) is 0 Å². The molecule has 7 heteroatoms. The number of aromatic nitrogens is 4. The largest absolute Gasteiger partial charge is 0.384 e. The second-order valence-electron chi connectivity index (χ2n) is 3.43. The van der Waals surface area contributed by atoms with Crippen LogP contribution < -0.4 is 11.4 Å². The van der Waals surface area contributed by atoms with Crippen LogP contribution in [0.1, 0.15) is 12.5 Å². The SMILES string of the molecule is CCn1c(SCc2ccnc(N)c2)n[nH]c1=O. The maximum atomic E-state index is 11.3. The van der Waals surface area contributed by atoms with E-state index >= 15 is 0 Å². The number of thioether (sulfide) groups is 1. The maximum Gasteiger partial charge on any atom is 0.343 e. The van der Waals surface area contributed by atoms with Gasteiger partial charge >= 0.3 is 5.69 Å². The summed E-state index contributed by atoms with van der Waals surface area (Å²) in [6.07, 6.45) is 1.67. The Morgan fingerprint density at radius 1 is 1.59 bits per heavy atom. The topological polar surface area (TPSA) is 89.6 Å². The van der Waals surface area contributed by atoms with Crippen LogP contribution in [0.25, 0.3) is 0 Å². The Hall–Kier alpha value is -1.76. The summed E-state index contributed by atoms with van der Waals surface area (Å²) < 4.78 is 1.59. The zero-order valence-corrected chi connectivity index (χ0v) is 10.2. The lowest BCUT2D eigenvalue weighted by molar-refractivity contribution is 0.660. The number of rotatable bonds is 4. The predicted octanol–water partition coefficient (Wildman–Crippen LogP) is 0.861. The first kappa shape index (κ1) is 11.7. The highest BCUT2D eigenvalue weighted by Gasteiger charge is 2.07. The van der Waals surface area contributed by atoms with Crippen LogP contribution in [-0.2, 0) is 12.3 Å². The van der Waals surface area contributed by atoms with Gasteiger partial charge in [-0.1, -0.05) is 11.8 Å². The number of aromatic amines is 1. The number of nitrogen functional groups attached to an aromatic ring is 1. The first-order valence-corrected chi connectivity index (χ1v) is 6.17.